The summed E-state index contributed by atoms with van der Waals surface area (Å²) in [7, 11) is 0. The first-order valence-electron chi connectivity index (χ1n) is 26.7. The van der Waals surface area contributed by atoms with E-state index in [1.165, 1.54) is 0 Å². The molecule has 2 fully saturated rings. The van der Waals surface area contributed by atoms with Crippen LogP contribution in [-0.2, 0) is 27.5 Å². The van der Waals surface area contributed by atoms with E-state index in [0.29, 0.717) is 49.8 Å². The van der Waals surface area contributed by atoms with Gasteiger partial charge in [-0.2, -0.15) is 0 Å². The van der Waals surface area contributed by atoms with Crippen molar-refractivity contribution in [1.29, 1.82) is 0 Å². The van der Waals surface area contributed by atoms with Crippen LogP contribution < -0.4 is 21.3 Å². The van der Waals surface area contributed by atoms with Gasteiger partial charge in [-0.3, -0.25) is 29.1 Å². The number of carbonyl (C=O) groups excluding carboxylic acids is 4. The molecule has 0 spiro atoms. The molecular weight excluding hydrogens is 975 g/mol. The third-order valence-corrected chi connectivity index (χ3v) is 15.3. The van der Waals surface area contributed by atoms with Crippen molar-refractivity contribution in [1.82, 2.24) is 45.3 Å². The third-order valence-electron chi connectivity index (χ3n) is 14.3. The number of hydrogen-bond donors (Lipinski definition) is 5. The summed E-state index contributed by atoms with van der Waals surface area (Å²) < 4.78 is 0. The van der Waals surface area contributed by atoms with Crippen LogP contribution >= 0.6 is 11.3 Å². The van der Waals surface area contributed by atoms with Crippen LogP contribution in [0.25, 0.3) is 21.7 Å². The summed E-state index contributed by atoms with van der Waals surface area (Å²) in [6, 6.07) is 25.9. The molecule has 17 heteroatoms. The number of amides is 4. The zero-order valence-electron chi connectivity index (χ0n) is 44.6. The zero-order valence-corrected chi connectivity index (χ0v) is 45.4. The molecule has 3 aromatic heterocycles. The normalized spacial score (nSPS) is 16.3. The molecule has 3 atom stereocenters. The third kappa shape index (κ3) is 15.1. The van der Waals surface area contributed by atoms with Crippen LogP contribution in [0, 0.1) is 19.3 Å². The van der Waals surface area contributed by atoms with Gasteiger partial charge in [0.25, 0.3) is 5.91 Å². The highest BCUT2D eigenvalue weighted by atomic mass is 32.1. The number of unbranched alkanes of at least 4 members (excludes halogenated alkanes) is 5. The Labute approximate surface area is 451 Å². The van der Waals surface area contributed by atoms with Gasteiger partial charge in [0.1, 0.15) is 6.04 Å². The van der Waals surface area contributed by atoms with E-state index in [9.17, 15) is 24.3 Å². The number of β-amino-alcohol motifs (C(OH)–C–C–N with tert-alkyl or cyclic N) is 1. The van der Waals surface area contributed by atoms with Crippen LogP contribution in [0.15, 0.2) is 109 Å². The Hall–Kier alpha value is -6.92. The minimum absolute atomic E-state index is 0.132. The maximum atomic E-state index is 14.1. The van der Waals surface area contributed by atoms with Crippen molar-refractivity contribution in [2.45, 2.75) is 117 Å². The maximum Gasteiger partial charge on any atom is 0.255 e. The monoisotopic (exact) mass is 1050 g/mol. The number of aliphatic hydroxyl groups is 1. The SMILES string of the molecule is Cc1ccc(NC(=O)c2ccc(CN3CCN(C(=O)CCCCCCCCN[C@H](C(=O)N4C[C@H](O)C[C@H]4C(=O)NCc4ccc(-c5scnc5C)cc4)C(C)(C)C)CC3)cc2)cc1Nc1nccc(-c2cccnc2)n1. The number of carbonyl (C=O) groups is 4. The first-order valence-corrected chi connectivity index (χ1v) is 27.6. The second kappa shape index (κ2) is 26.2. The first-order chi connectivity index (χ1) is 36.7. The molecule has 3 aromatic carbocycles. The van der Waals surface area contributed by atoms with Crippen molar-refractivity contribution in [3.8, 4) is 21.7 Å². The predicted molar refractivity (Wildman–Crippen MR) is 300 cm³/mol. The molecule has 16 nitrogen and oxygen atoms in total. The van der Waals surface area contributed by atoms with Gasteiger partial charge in [-0.05, 0) is 103 Å². The second-order valence-corrected chi connectivity index (χ2v) is 22.0. The number of aryl methyl sites for hydroxylation is 2. The molecular formula is C59H73N11O5S. The molecule has 2 aliphatic heterocycles. The average molecular weight is 1050 g/mol. The lowest BCUT2D eigenvalue weighted by Crippen LogP contribution is -2.56. The molecule has 2 saturated heterocycles. The largest absolute Gasteiger partial charge is 0.391 e. The van der Waals surface area contributed by atoms with E-state index in [1.807, 2.05) is 130 Å². The van der Waals surface area contributed by atoms with E-state index in [0.717, 1.165) is 108 Å². The van der Waals surface area contributed by atoms with E-state index in [1.54, 1.807) is 34.8 Å². The van der Waals surface area contributed by atoms with Crippen LogP contribution in [0.2, 0.25) is 0 Å². The van der Waals surface area contributed by atoms with Crippen LogP contribution in [-0.4, -0.2) is 121 Å². The van der Waals surface area contributed by atoms with E-state index >= 15 is 0 Å². The van der Waals surface area contributed by atoms with Gasteiger partial charge >= 0.3 is 0 Å². The number of nitrogens with one attached hydrogen (secondary N) is 4. The van der Waals surface area contributed by atoms with Gasteiger partial charge in [0.05, 0.1) is 33.9 Å². The summed E-state index contributed by atoms with van der Waals surface area (Å²) in [5.74, 6) is 0.0428. The lowest BCUT2D eigenvalue weighted by atomic mass is 9.85. The summed E-state index contributed by atoms with van der Waals surface area (Å²) in [6.45, 7) is 14.9. The Morgan fingerprint density at radius 2 is 1.55 bits per heavy atom. The molecule has 0 unspecified atom stereocenters. The number of aromatic nitrogens is 4. The minimum atomic E-state index is -0.758. The Balaban J connectivity index is 0.687. The van der Waals surface area contributed by atoms with Crippen LogP contribution in [0.3, 0.4) is 0 Å². The number of likely N-dealkylation sites (tertiary alicyclic amines) is 1. The van der Waals surface area contributed by atoms with Crippen LogP contribution in [0.5, 0.6) is 0 Å². The van der Waals surface area contributed by atoms with E-state index in [4.69, 9.17) is 0 Å². The van der Waals surface area contributed by atoms with Gasteiger partial charge in [0, 0.05) is 99.7 Å². The predicted octanol–water partition coefficient (Wildman–Crippen LogP) is 8.93. The number of aliphatic hydroxyl groups excluding tert-OH is 1. The van der Waals surface area contributed by atoms with E-state index in [-0.39, 0.29) is 36.6 Å². The molecule has 0 aliphatic carbocycles. The first kappa shape index (κ1) is 55.3. The van der Waals surface area contributed by atoms with Crippen molar-refractivity contribution in [3.63, 3.8) is 0 Å². The molecule has 0 bridgehead atoms. The van der Waals surface area contributed by atoms with Gasteiger partial charge in [-0.1, -0.05) is 88.9 Å². The van der Waals surface area contributed by atoms with Gasteiger partial charge in [-0.15, -0.1) is 11.3 Å². The minimum Gasteiger partial charge on any atom is -0.391 e. The van der Waals surface area contributed by atoms with Crippen molar-refractivity contribution >= 4 is 52.3 Å². The molecule has 400 valence electrons. The molecule has 5 heterocycles. The van der Waals surface area contributed by atoms with Crippen molar-refractivity contribution < 1.29 is 24.3 Å². The summed E-state index contributed by atoms with van der Waals surface area (Å²) in [5, 5.41) is 23.5. The highest BCUT2D eigenvalue weighted by Gasteiger charge is 2.43. The summed E-state index contributed by atoms with van der Waals surface area (Å²) >= 11 is 1.60. The molecule has 2 aliphatic rings. The van der Waals surface area contributed by atoms with Gasteiger partial charge in [0.15, 0.2) is 0 Å². The topological polar surface area (TPSA) is 198 Å². The van der Waals surface area contributed by atoms with Gasteiger partial charge < -0.3 is 36.2 Å². The van der Waals surface area contributed by atoms with Crippen molar-refractivity contribution in [3.05, 3.63) is 137 Å². The molecule has 5 N–H and O–H groups in total. The van der Waals surface area contributed by atoms with E-state index < -0.39 is 23.6 Å². The van der Waals surface area contributed by atoms with Gasteiger partial charge in [0.2, 0.25) is 23.7 Å². The number of pyridine rings is 1. The fraction of sp³-hybridized carbons (Fsp3) is 0.424. The highest BCUT2D eigenvalue weighted by molar-refractivity contribution is 7.13. The summed E-state index contributed by atoms with van der Waals surface area (Å²) in [4.78, 5) is 78.6. The number of benzene rings is 3. The number of nitrogens with zero attached hydrogens (tertiary/aromatic N) is 7. The summed E-state index contributed by atoms with van der Waals surface area (Å²) in [5.41, 5.74) is 10.2. The van der Waals surface area contributed by atoms with Crippen molar-refractivity contribution in [2.75, 3.05) is 49.9 Å². The highest BCUT2D eigenvalue weighted by Crippen LogP contribution is 2.30. The molecule has 8 rings (SSSR count). The number of anilines is 3. The van der Waals surface area contributed by atoms with E-state index in [2.05, 4.69) is 46.1 Å². The Bertz CT molecular complexity index is 2880. The Morgan fingerprint density at radius 1 is 0.816 bits per heavy atom. The zero-order chi connectivity index (χ0) is 53.6. The molecule has 76 heavy (non-hydrogen) atoms. The quantitative estimate of drug-likeness (QED) is 0.0406. The Kier molecular flexibility index (Phi) is 19.1. The Morgan fingerprint density at radius 3 is 2.26 bits per heavy atom. The van der Waals surface area contributed by atoms with Crippen LogP contribution in [0.1, 0.15) is 105 Å². The number of rotatable bonds is 22. The maximum absolute atomic E-state index is 14.1. The fourth-order valence-corrected chi connectivity index (χ4v) is 10.6. The fourth-order valence-electron chi connectivity index (χ4n) is 9.84. The average Bonchev–Trinajstić information content (AvgIpc) is 4.05. The summed E-state index contributed by atoms with van der Waals surface area (Å²) in [6.07, 6.45) is 11.1. The second-order valence-electron chi connectivity index (χ2n) is 21.2. The smallest absolute Gasteiger partial charge is 0.255 e. The number of piperazine rings is 1. The molecule has 0 saturated carbocycles. The molecule has 4 amide bonds. The molecule has 0 radical (unpaired) electrons. The van der Waals surface area contributed by atoms with Gasteiger partial charge in [-0.25, -0.2) is 15.0 Å². The standard InChI is InChI=1S/C59H73N11O5S/c1-40-15-24-47(33-50(40)67-58-62-28-25-49(66-58)46-13-12-26-60-36-46)65-55(73)45-22-18-43(19-23-45)37-68-29-31-69(32-30-68)52(72)14-10-8-6-7-9-11-27-61-54(59(3,4)5)57(75)70-38-48(71)34-51(70)56(74)63-35-42-16-20-44(21-17-42)53-41(2)64-39-76-53/h12-13,15-26,28,33,36,39,48,51,54,61,71H,6-11,14,27,29-32,34-35,37-38H2,1-5H3,(H,63,74)(H,65,73)(H,62,66,67)/t48-,51+,54-/m1/s1. The van der Waals surface area contributed by atoms with Crippen LogP contribution in [0.4, 0.5) is 17.3 Å². The lowest BCUT2D eigenvalue weighted by Gasteiger charge is -2.35. The van der Waals surface area contributed by atoms with Crippen molar-refractivity contribution in [2.24, 2.45) is 5.41 Å². The number of thiazole rings is 1. The molecule has 6 aromatic rings. The number of hydrogen-bond acceptors (Lipinski definition) is 13. The lowest BCUT2D eigenvalue weighted by molar-refractivity contribution is -0.142.